The van der Waals surface area contributed by atoms with Gasteiger partial charge in [-0.05, 0) is 82.5 Å². The van der Waals surface area contributed by atoms with Crippen LogP contribution in [0.5, 0.6) is 11.5 Å². The molecule has 2 unspecified atom stereocenters. The lowest BCUT2D eigenvalue weighted by Gasteiger charge is -2.51. The van der Waals surface area contributed by atoms with Crippen molar-refractivity contribution in [2.24, 2.45) is 0 Å². The summed E-state index contributed by atoms with van der Waals surface area (Å²) in [4.78, 5) is 4.33. The number of phenolic OH excluding ortho intramolecular Hbond substituents is 1. The molecule has 1 spiro atoms. The third kappa shape index (κ3) is 3.50. The van der Waals surface area contributed by atoms with E-state index in [4.69, 9.17) is 9.84 Å². The summed E-state index contributed by atoms with van der Waals surface area (Å²) in [6, 6.07) is 5.94. The monoisotopic (exact) mass is 491 g/mol. The van der Waals surface area contributed by atoms with Gasteiger partial charge in [0.15, 0.2) is 11.5 Å². The molecule has 34 heavy (non-hydrogen) atoms. The molecule has 4 bridgehead atoms. The topological polar surface area (TPSA) is 97.5 Å². The zero-order chi connectivity index (χ0) is 24.6. The molecule has 10 heteroatoms. The van der Waals surface area contributed by atoms with Crippen molar-refractivity contribution in [2.75, 3.05) is 24.6 Å². The van der Waals surface area contributed by atoms with E-state index < -0.39 is 11.0 Å². The van der Waals surface area contributed by atoms with Gasteiger partial charge in [0.2, 0.25) is 0 Å². The number of aromatic hydroxyl groups is 1. The summed E-state index contributed by atoms with van der Waals surface area (Å²) in [5.74, 6) is 0.651. The van der Waals surface area contributed by atoms with Crippen molar-refractivity contribution in [1.29, 1.82) is 0 Å². The van der Waals surface area contributed by atoms with E-state index in [0.717, 1.165) is 48.3 Å². The zero-order valence-electron chi connectivity index (χ0n) is 20.9. The van der Waals surface area contributed by atoms with Gasteiger partial charge in [0.1, 0.15) is 0 Å². The Balaban J connectivity index is 1.61. The van der Waals surface area contributed by atoms with E-state index in [9.17, 15) is 14.2 Å². The molecule has 188 valence electrons. The summed E-state index contributed by atoms with van der Waals surface area (Å²) >= 11 is 0. The lowest BCUT2D eigenvalue weighted by atomic mass is 9.82. The lowest BCUT2D eigenvalue weighted by molar-refractivity contribution is 0.0610. The minimum Gasteiger partial charge on any atom is -0.504 e. The van der Waals surface area contributed by atoms with E-state index in [0.29, 0.717) is 12.3 Å². The molecule has 1 aromatic carbocycles. The maximum Gasteiger partial charge on any atom is 0.161 e. The van der Waals surface area contributed by atoms with Crippen LogP contribution >= 0.6 is 11.0 Å². The number of benzene rings is 1. The number of hydrogen-bond donors (Lipinski definition) is 3. The quantitative estimate of drug-likeness (QED) is 0.591. The van der Waals surface area contributed by atoms with Crippen LogP contribution in [0.1, 0.15) is 62.2 Å². The van der Waals surface area contributed by atoms with E-state index in [1.807, 2.05) is 39.8 Å². The van der Waals surface area contributed by atoms with Gasteiger partial charge < -0.3 is 9.84 Å². The highest BCUT2D eigenvalue weighted by Crippen LogP contribution is 2.59. The number of nitrogens with zero attached hydrogens (tertiary/aromatic N) is 5. The normalized spacial score (nSPS) is 31.2. The summed E-state index contributed by atoms with van der Waals surface area (Å²) in [5, 5.41) is 15.1. The highest BCUT2D eigenvalue weighted by atomic mass is 32.3. The van der Waals surface area contributed by atoms with Crippen molar-refractivity contribution in [2.45, 2.75) is 77.6 Å². The first kappa shape index (κ1) is 23.7. The molecule has 5 heterocycles. The second-order valence-electron chi connectivity index (χ2n) is 10.5. The first-order valence-corrected chi connectivity index (χ1v) is 13.5. The predicted octanol–water partition coefficient (Wildman–Crippen LogP) is 3.98. The van der Waals surface area contributed by atoms with Gasteiger partial charge >= 0.3 is 0 Å². The largest absolute Gasteiger partial charge is 0.504 e. The summed E-state index contributed by atoms with van der Waals surface area (Å²) in [6.45, 7) is 11.6. The second-order valence-corrected chi connectivity index (χ2v) is 12.4. The van der Waals surface area contributed by atoms with Gasteiger partial charge in [-0.2, -0.15) is 18.6 Å². The minimum absolute atomic E-state index is 0.0293. The van der Waals surface area contributed by atoms with E-state index in [2.05, 4.69) is 11.8 Å². The second kappa shape index (κ2) is 8.03. The summed E-state index contributed by atoms with van der Waals surface area (Å²) in [6.07, 6.45) is 2.37. The summed E-state index contributed by atoms with van der Waals surface area (Å²) in [7, 11) is -1.36. The molecule has 0 amide bonds. The van der Waals surface area contributed by atoms with Crippen LogP contribution in [0.2, 0.25) is 0 Å². The Morgan fingerprint density at radius 1 is 1.26 bits per heavy atom. The molecule has 3 N–H and O–H groups in total. The number of ether oxygens (including phenoxy) is 1. The van der Waals surface area contributed by atoms with Crippen LogP contribution in [0.4, 0.5) is 0 Å². The van der Waals surface area contributed by atoms with Gasteiger partial charge in [0, 0.05) is 37.8 Å². The molecule has 0 aliphatic carbocycles. The van der Waals surface area contributed by atoms with Gasteiger partial charge in [-0.25, -0.2) is 0 Å². The smallest absolute Gasteiger partial charge is 0.161 e. The standard InChI is InChI=1S/C24H37N5O4S/c1-15(2)33-22-12-19(7-8-21(22)30)11-20-23-17(4)25-28(18(23)5)29-24(14-26(6)34(29,31)32)9-10-27(20)16(3)13-24/h7-8,12,15-16,20,30-32H,9-11,13-14H2,1-6H3/t16-,20?,24+/m0/s1. The number of likely N-dealkylation sites (N-methyl/N-ethyl adjacent to an activating group) is 1. The number of piperidine rings is 1. The van der Waals surface area contributed by atoms with Gasteiger partial charge in [0.05, 0.1) is 23.0 Å². The van der Waals surface area contributed by atoms with E-state index >= 15 is 0 Å². The molecule has 9 nitrogen and oxygen atoms in total. The maximum atomic E-state index is 11.2. The SMILES string of the molecule is Cc1nn2c(C)c1C(Cc1ccc(O)c(OC(C)C)c1)N1CC[C@@]3(C[C@@H]1C)CN(C)S(O)(O)N23. The summed E-state index contributed by atoms with van der Waals surface area (Å²) in [5.41, 5.74) is 3.69. The van der Waals surface area contributed by atoms with E-state index in [1.165, 1.54) is 0 Å². The Labute approximate surface area is 203 Å². The van der Waals surface area contributed by atoms with Crippen LogP contribution in [0.3, 0.4) is 0 Å². The highest BCUT2D eigenvalue weighted by molar-refractivity contribution is 8.23. The van der Waals surface area contributed by atoms with E-state index in [1.54, 1.807) is 26.6 Å². The van der Waals surface area contributed by atoms with Crippen LogP contribution in [-0.2, 0) is 6.42 Å². The lowest BCUT2D eigenvalue weighted by Crippen LogP contribution is -2.60. The van der Waals surface area contributed by atoms with Gasteiger partial charge in [-0.3, -0.25) is 14.0 Å². The van der Waals surface area contributed by atoms with Crippen molar-refractivity contribution in [3.8, 4) is 11.5 Å². The average molecular weight is 492 g/mol. The van der Waals surface area contributed by atoms with Crippen molar-refractivity contribution in [3.63, 3.8) is 0 Å². The molecule has 1 aromatic heterocycles. The zero-order valence-corrected chi connectivity index (χ0v) is 21.7. The Kier molecular flexibility index (Phi) is 5.61. The number of phenols is 1. The predicted molar refractivity (Wildman–Crippen MR) is 134 cm³/mol. The first-order chi connectivity index (χ1) is 15.9. The molecule has 6 rings (SSSR count). The molecule has 4 aliphatic heterocycles. The molecule has 4 atom stereocenters. The number of aromatic nitrogens is 2. The third-order valence-corrected chi connectivity index (χ3v) is 9.67. The van der Waals surface area contributed by atoms with Crippen molar-refractivity contribution < 1.29 is 18.9 Å². The molecular weight excluding hydrogens is 454 g/mol. The van der Waals surface area contributed by atoms with Gasteiger partial charge in [-0.1, -0.05) is 6.07 Å². The van der Waals surface area contributed by atoms with Crippen molar-refractivity contribution >= 4 is 11.0 Å². The van der Waals surface area contributed by atoms with Crippen LogP contribution in [0, 0.1) is 13.8 Å². The Bertz CT molecular complexity index is 1110. The molecule has 0 saturated carbocycles. The van der Waals surface area contributed by atoms with Crippen LogP contribution < -0.4 is 9.15 Å². The number of aryl methyl sites for hydroxylation is 1. The number of hydrogen-bond acceptors (Lipinski definition) is 8. The highest BCUT2D eigenvalue weighted by Gasteiger charge is 2.58. The van der Waals surface area contributed by atoms with Crippen LogP contribution in [0.25, 0.3) is 0 Å². The molecule has 2 fully saturated rings. The average Bonchev–Trinajstić information content (AvgIpc) is 3.13. The fraction of sp³-hybridized carbons (Fsp3) is 0.625. The molecule has 2 saturated heterocycles. The molecule has 2 aromatic rings. The van der Waals surface area contributed by atoms with Crippen molar-refractivity contribution in [1.82, 2.24) is 19.1 Å². The Morgan fingerprint density at radius 2 is 2.00 bits per heavy atom. The number of rotatable bonds is 4. The molecule has 0 radical (unpaired) electrons. The van der Waals surface area contributed by atoms with Crippen molar-refractivity contribution in [3.05, 3.63) is 40.7 Å². The van der Waals surface area contributed by atoms with Crippen LogP contribution in [0.15, 0.2) is 18.2 Å². The molecule has 4 aliphatic rings. The third-order valence-electron chi connectivity index (χ3n) is 7.70. The Hall–Kier alpha value is -1.98. The molecular formula is C24H37N5O4S. The van der Waals surface area contributed by atoms with Gasteiger partial charge in [0.25, 0.3) is 0 Å². The maximum absolute atomic E-state index is 11.2. The fourth-order valence-electron chi connectivity index (χ4n) is 6.31. The fourth-order valence-corrected chi connectivity index (χ4v) is 8.09. The van der Waals surface area contributed by atoms with E-state index in [-0.39, 0.29) is 29.5 Å². The summed E-state index contributed by atoms with van der Waals surface area (Å²) < 4.78 is 31.8. The first-order valence-electron chi connectivity index (χ1n) is 12.1. The Morgan fingerprint density at radius 3 is 2.68 bits per heavy atom. The van der Waals surface area contributed by atoms with Crippen LogP contribution in [-0.4, -0.2) is 71.1 Å². The number of fused-ring (bicyclic) bond motifs is 2. The minimum atomic E-state index is -3.15. The van der Waals surface area contributed by atoms with Gasteiger partial charge in [-0.15, -0.1) is 0 Å².